The summed E-state index contributed by atoms with van der Waals surface area (Å²) >= 11 is 0.560. The zero-order valence-corrected chi connectivity index (χ0v) is 14.6. The molecule has 1 atom stereocenters. The summed E-state index contributed by atoms with van der Waals surface area (Å²) < 4.78 is 21.2. The fraction of sp³-hybridized carbons (Fsp3) is 0. The number of carboxylic acids is 1. The largest absolute Gasteiger partial charge is 1.00 e. The van der Waals surface area contributed by atoms with Gasteiger partial charge in [0.15, 0.2) is 0 Å². The molecule has 70 valence electrons. The maximum Gasteiger partial charge on any atom is 1.00 e. The van der Waals surface area contributed by atoms with Crippen LogP contribution in [0.1, 0.15) is 10.4 Å². The van der Waals surface area contributed by atoms with Gasteiger partial charge in [-0.15, -0.1) is 0 Å². The molecule has 1 aromatic carbocycles. The Morgan fingerprint density at radius 3 is 2.20 bits per heavy atom. The van der Waals surface area contributed by atoms with E-state index >= 15 is 0 Å². The number of hydrogen-bond acceptors (Lipinski definition) is 4. The van der Waals surface area contributed by atoms with Gasteiger partial charge in [-0.05, 0) is 44.7 Å². The topological polar surface area (TPSA) is 80.3 Å². The quantitative estimate of drug-likeness (QED) is 0.402. The van der Waals surface area contributed by atoms with Crippen molar-refractivity contribution in [1.29, 1.82) is 0 Å². The molecule has 0 amide bonds. The molecule has 0 fully saturated rings. The molecule has 0 bridgehead atoms. The zero-order chi connectivity index (χ0) is 10.0. The van der Waals surface area contributed by atoms with E-state index in [1.54, 1.807) is 0 Å². The summed E-state index contributed by atoms with van der Waals surface area (Å²) in [5, 5.41) is 10.3. The first-order chi connectivity index (χ1) is 6.02. The van der Waals surface area contributed by atoms with Crippen molar-refractivity contribution in [3.8, 4) is 0 Å². The molecule has 0 aliphatic rings. The van der Waals surface area contributed by atoms with Crippen molar-refractivity contribution in [1.82, 2.24) is 0 Å². The Bertz CT molecular complexity index is 385. The number of carbonyl (C=O) groups is 1. The third-order valence-electron chi connectivity index (χ3n) is 1.35. The molecule has 0 saturated carbocycles. The Hall–Kier alpha value is 1.28. The van der Waals surface area contributed by atoms with E-state index in [2.05, 4.69) is 15.9 Å². The predicted molar refractivity (Wildman–Crippen MR) is 45.7 cm³/mol. The van der Waals surface area contributed by atoms with Crippen molar-refractivity contribution in [2.75, 3.05) is 0 Å². The Balaban J connectivity index is 0. The summed E-state index contributed by atoms with van der Waals surface area (Å²) in [6, 6.07) is 3.55. The van der Waals surface area contributed by atoms with Crippen molar-refractivity contribution >= 4 is 33.0 Å². The maximum atomic E-state index is 10.5. The van der Waals surface area contributed by atoms with Crippen molar-refractivity contribution in [2.45, 2.75) is 4.90 Å². The van der Waals surface area contributed by atoms with Gasteiger partial charge in [0.25, 0.3) is 0 Å². The van der Waals surface area contributed by atoms with Gasteiger partial charge in [0, 0.05) is 9.37 Å². The summed E-state index contributed by atoms with van der Waals surface area (Å²) in [5.41, 5.74) is -0.0684. The standard InChI is InChI=1S/C7H5BrO4S.2Na/c8-5-3-4(7(9)10)1-2-6(5)13(11)12;;/h1-3H,(H,9,10)(H,11,12);;/q;2*+1/p-2. The van der Waals surface area contributed by atoms with Crippen LogP contribution in [0.5, 0.6) is 0 Å². The van der Waals surface area contributed by atoms with E-state index < -0.39 is 17.0 Å². The normalized spacial score (nSPS) is 10.8. The molecule has 1 aromatic rings. The van der Waals surface area contributed by atoms with Crippen LogP contribution in [-0.2, 0) is 11.1 Å². The molecular weight excluding hydrogens is 306 g/mol. The SMILES string of the molecule is O=C([O-])c1ccc(S(=O)[O-])c(Br)c1.[Na+].[Na+]. The van der Waals surface area contributed by atoms with Crippen LogP contribution in [0.25, 0.3) is 0 Å². The third-order valence-corrected chi connectivity index (χ3v) is 2.98. The summed E-state index contributed by atoms with van der Waals surface area (Å²) in [4.78, 5) is 10.4. The number of halogens is 1. The predicted octanol–water partition coefficient (Wildman–Crippen LogP) is -5.94. The van der Waals surface area contributed by atoms with E-state index in [1.165, 1.54) is 18.2 Å². The summed E-state index contributed by atoms with van der Waals surface area (Å²) in [6.07, 6.45) is 0. The second-order valence-electron chi connectivity index (χ2n) is 2.17. The van der Waals surface area contributed by atoms with Gasteiger partial charge >= 0.3 is 59.1 Å². The van der Waals surface area contributed by atoms with Gasteiger partial charge in [-0.2, -0.15) is 0 Å². The van der Waals surface area contributed by atoms with E-state index in [9.17, 15) is 18.7 Å². The number of aromatic carboxylic acids is 1. The second-order valence-corrected chi connectivity index (χ2v) is 3.93. The van der Waals surface area contributed by atoms with Gasteiger partial charge in [0.05, 0.1) is 5.97 Å². The van der Waals surface area contributed by atoms with Crippen LogP contribution < -0.4 is 64.2 Å². The van der Waals surface area contributed by atoms with Crippen LogP contribution in [0, 0.1) is 0 Å². The van der Waals surface area contributed by atoms with Gasteiger partial charge in [0.2, 0.25) is 0 Å². The van der Waals surface area contributed by atoms with Crippen LogP contribution in [0.15, 0.2) is 27.6 Å². The smallest absolute Gasteiger partial charge is 0.768 e. The van der Waals surface area contributed by atoms with Crippen LogP contribution in [0.2, 0.25) is 0 Å². The van der Waals surface area contributed by atoms with Crippen molar-refractivity contribution in [3.63, 3.8) is 0 Å². The number of benzene rings is 1. The zero-order valence-electron chi connectivity index (χ0n) is 8.15. The van der Waals surface area contributed by atoms with Crippen LogP contribution in [-0.4, -0.2) is 14.7 Å². The molecule has 0 heterocycles. The minimum absolute atomic E-state index is 0. The average molecular weight is 309 g/mol. The molecule has 0 radical (unpaired) electrons. The molecule has 0 aromatic heterocycles. The maximum absolute atomic E-state index is 10.5. The van der Waals surface area contributed by atoms with Crippen molar-refractivity contribution in [3.05, 3.63) is 28.2 Å². The van der Waals surface area contributed by atoms with Gasteiger partial charge in [-0.3, -0.25) is 4.21 Å². The number of hydrogen-bond donors (Lipinski definition) is 0. The summed E-state index contributed by atoms with van der Waals surface area (Å²) in [6.45, 7) is 0. The van der Waals surface area contributed by atoms with Gasteiger partial charge in [0.1, 0.15) is 0 Å². The molecule has 0 aliphatic heterocycles. The minimum Gasteiger partial charge on any atom is -0.768 e. The monoisotopic (exact) mass is 308 g/mol. The second kappa shape index (κ2) is 8.38. The first kappa shape index (κ1) is 18.6. The van der Waals surface area contributed by atoms with Crippen LogP contribution >= 0.6 is 15.9 Å². The Labute approximate surface area is 142 Å². The molecule has 0 aliphatic carbocycles. The molecule has 8 heteroatoms. The van der Waals surface area contributed by atoms with E-state index in [-0.39, 0.29) is 74.0 Å². The first-order valence-electron chi connectivity index (χ1n) is 3.12. The molecule has 0 spiro atoms. The molecule has 4 nitrogen and oxygen atoms in total. The molecule has 0 saturated heterocycles. The van der Waals surface area contributed by atoms with E-state index in [4.69, 9.17) is 0 Å². The van der Waals surface area contributed by atoms with Gasteiger partial charge in [-0.1, -0.05) is 6.07 Å². The van der Waals surface area contributed by atoms with Gasteiger partial charge < -0.3 is 14.5 Å². The molecular formula is C7H3BrNa2O4S. The van der Waals surface area contributed by atoms with Crippen LogP contribution in [0.4, 0.5) is 0 Å². The average Bonchev–Trinajstić information content (AvgIpc) is 2.03. The molecule has 1 rings (SSSR count). The fourth-order valence-corrected chi connectivity index (χ4v) is 1.94. The van der Waals surface area contributed by atoms with Crippen molar-refractivity contribution < 1.29 is 77.8 Å². The minimum atomic E-state index is -2.37. The first-order valence-corrected chi connectivity index (χ1v) is 4.99. The van der Waals surface area contributed by atoms with Crippen LogP contribution in [0.3, 0.4) is 0 Å². The Kier molecular flexibility index (Phi) is 10.4. The Morgan fingerprint density at radius 2 is 1.87 bits per heavy atom. The molecule has 0 N–H and O–H groups in total. The van der Waals surface area contributed by atoms with E-state index in [1.807, 2.05) is 0 Å². The molecule has 15 heavy (non-hydrogen) atoms. The third kappa shape index (κ3) is 5.43. The fourth-order valence-electron chi connectivity index (χ4n) is 0.763. The van der Waals surface area contributed by atoms with Crippen molar-refractivity contribution in [2.24, 2.45) is 0 Å². The summed E-state index contributed by atoms with van der Waals surface area (Å²) in [5.74, 6) is -1.34. The Morgan fingerprint density at radius 1 is 1.33 bits per heavy atom. The van der Waals surface area contributed by atoms with E-state index in [0.717, 1.165) is 0 Å². The van der Waals surface area contributed by atoms with E-state index in [0.29, 0.717) is 0 Å². The number of rotatable bonds is 2. The number of carbonyl (C=O) groups excluding carboxylic acids is 1. The molecule has 1 unspecified atom stereocenters. The summed E-state index contributed by atoms with van der Waals surface area (Å²) in [7, 11) is 0. The number of carboxylic acid groups (broad SMARTS) is 1. The van der Waals surface area contributed by atoms with Gasteiger partial charge in [-0.25, -0.2) is 0 Å².